The maximum absolute atomic E-state index is 6.02. The van der Waals surface area contributed by atoms with E-state index in [1.165, 1.54) is 25.8 Å². The zero-order valence-corrected chi connectivity index (χ0v) is 23.5. The molecule has 5 rings (SSSR count). The first-order chi connectivity index (χ1) is 17.6. The van der Waals surface area contributed by atoms with Crippen LogP contribution in [0.1, 0.15) is 57.8 Å². The zero-order chi connectivity index (χ0) is 25.4. The largest absolute Gasteiger partial charge is 0.379 e. The van der Waals surface area contributed by atoms with E-state index in [-0.39, 0.29) is 36.6 Å². The fourth-order valence-corrected chi connectivity index (χ4v) is 9.78. The summed E-state index contributed by atoms with van der Waals surface area (Å²) in [4.78, 5) is 1.89. The van der Waals surface area contributed by atoms with Gasteiger partial charge in [0.2, 0.25) is 0 Å². The van der Waals surface area contributed by atoms with Crippen LogP contribution in [-0.2, 0) is 28.4 Å². The molecule has 2 aliphatic heterocycles. The van der Waals surface area contributed by atoms with Crippen LogP contribution in [0.3, 0.4) is 0 Å². The van der Waals surface area contributed by atoms with Gasteiger partial charge in [-0.05, 0) is 63.2 Å². The molecule has 3 saturated carbocycles. The van der Waals surface area contributed by atoms with E-state index in [9.17, 15) is 0 Å². The fourth-order valence-electron chi connectivity index (χ4n) is 9.78. The minimum absolute atomic E-state index is 0.202. The van der Waals surface area contributed by atoms with E-state index in [2.05, 4.69) is 0 Å². The van der Waals surface area contributed by atoms with Gasteiger partial charge in [0.15, 0.2) is 0 Å². The summed E-state index contributed by atoms with van der Waals surface area (Å²) in [6.45, 7) is 1.29. The second kappa shape index (κ2) is 11.8. The monoisotopic (exact) mass is 510 g/mol. The molecular formula is C29H52NO6+. The van der Waals surface area contributed by atoms with Gasteiger partial charge in [-0.15, -0.1) is 0 Å². The van der Waals surface area contributed by atoms with E-state index in [0.717, 1.165) is 50.4 Å². The molecule has 7 nitrogen and oxygen atoms in total. The van der Waals surface area contributed by atoms with Gasteiger partial charge in [0, 0.05) is 66.8 Å². The summed E-state index contributed by atoms with van der Waals surface area (Å²) < 4.78 is 35.7. The highest BCUT2D eigenvalue weighted by Crippen LogP contribution is 2.48. The van der Waals surface area contributed by atoms with E-state index >= 15 is 0 Å². The zero-order valence-electron chi connectivity index (χ0n) is 23.5. The lowest BCUT2D eigenvalue weighted by molar-refractivity contribution is -0.976. The van der Waals surface area contributed by atoms with Crippen molar-refractivity contribution < 1.29 is 33.3 Å². The molecule has 0 amide bonds. The predicted octanol–water partition coefficient (Wildman–Crippen LogP) is 2.36. The van der Waals surface area contributed by atoms with Gasteiger partial charge in [0.1, 0.15) is 0 Å². The Balaban J connectivity index is 1.44. The maximum Gasteiger partial charge on any atom is 0.0938 e. The Morgan fingerprint density at radius 3 is 1.56 bits per heavy atom. The van der Waals surface area contributed by atoms with Crippen molar-refractivity contribution in [2.45, 2.75) is 106 Å². The minimum atomic E-state index is 0.202. The number of hydrogen-bond acceptors (Lipinski definition) is 6. The number of piperidine rings is 2. The molecule has 0 spiro atoms. The van der Waals surface area contributed by atoms with Crippen molar-refractivity contribution in [1.82, 2.24) is 0 Å². The van der Waals surface area contributed by atoms with E-state index < -0.39 is 0 Å². The van der Waals surface area contributed by atoms with Crippen LogP contribution in [0.5, 0.6) is 0 Å². The van der Waals surface area contributed by atoms with Gasteiger partial charge < -0.3 is 33.3 Å². The van der Waals surface area contributed by atoms with Crippen molar-refractivity contribution in [1.29, 1.82) is 0 Å². The van der Waals surface area contributed by atoms with Gasteiger partial charge in [-0.2, -0.15) is 0 Å². The van der Waals surface area contributed by atoms with Crippen LogP contribution in [0, 0.1) is 29.6 Å². The Morgan fingerprint density at radius 1 is 0.444 bits per heavy atom. The molecule has 36 heavy (non-hydrogen) atoms. The highest BCUT2D eigenvalue weighted by Gasteiger charge is 2.59. The van der Waals surface area contributed by atoms with Crippen LogP contribution in [0.2, 0.25) is 0 Å². The van der Waals surface area contributed by atoms with E-state index in [1.54, 1.807) is 0 Å². The van der Waals surface area contributed by atoms with Gasteiger partial charge in [-0.25, -0.2) is 0 Å². The van der Waals surface area contributed by atoms with E-state index in [1.807, 2.05) is 47.6 Å². The maximum atomic E-state index is 6.02. The van der Waals surface area contributed by atoms with Gasteiger partial charge in [-0.1, -0.05) is 0 Å². The average molecular weight is 511 g/mol. The molecule has 208 valence electrons. The van der Waals surface area contributed by atoms with E-state index in [4.69, 9.17) is 28.4 Å². The molecule has 0 aromatic carbocycles. The molecule has 0 aromatic heterocycles. The summed E-state index contributed by atoms with van der Waals surface area (Å²) in [6, 6.07) is 1.38. The molecule has 0 aromatic rings. The van der Waals surface area contributed by atoms with Crippen molar-refractivity contribution in [3.63, 3.8) is 0 Å². The first-order valence-corrected chi connectivity index (χ1v) is 14.6. The van der Waals surface area contributed by atoms with E-state index in [0.29, 0.717) is 29.8 Å². The number of quaternary nitrogens is 1. The molecule has 14 atom stereocenters. The number of methoxy groups -OCH3 is 6. The number of rotatable bonds is 7. The Labute approximate surface area is 218 Å². The van der Waals surface area contributed by atoms with Crippen LogP contribution in [0.4, 0.5) is 0 Å². The van der Waals surface area contributed by atoms with Crippen LogP contribution >= 0.6 is 0 Å². The van der Waals surface area contributed by atoms with Crippen LogP contribution in [0.25, 0.3) is 0 Å². The topological polar surface area (TPSA) is 59.8 Å². The SMILES string of the molecule is COC1CCC([C@@H]2C3CC(OC)C(OC)CC3CC3C4CC(OC)C(OC)CC4CC[NH+]32)CC1OC. The van der Waals surface area contributed by atoms with Gasteiger partial charge in [-0.3, -0.25) is 0 Å². The fraction of sp³-hybridized carbons (Fsp3) is 1.00. The van der Waals surface area contributed by atoms with Gasteiger partial charge in [0.25, 0.3) is 0 Å². The smallest absolute Gasteiger partial charge is 0.0938 e. The Kier molecular flexibility index (Phi) is 8.98. The lowest BCUT2D eigenvalue weighted by Gasteiger charge is -2.59. The Morgan fingerprint density at radius 2 is 0.944 bits per heavy atom. The quantitative estimate of drug-likeness (QED) is 0.568. The lowest BCUT2D eigenvalue weighted by Crippen LogP contribution is -3.24. The number of ether oxygens (including phenoxy) is 6. The molecule has 5 fully saturated rings. The normalized spacial score (nSPS) is 51.2. The van der Waals surface area contributed by atoms with Gasteiger partial charge in [0.05, 0.1) is 55.3 Å². The summed E-state index contributed by atoms with van der Waals surface area (Å²) in [5.74, 6) is 3.56. The average Bonchev–Trinajstić information content (AvgIpc) is 2.93. The first kappa shape index (κ1) is 27.3. The third-order valence-electron chi connectivity index (χ3n) is 11.5. The second-order valence-corrected chi connectivity index (χ2v) is 12.5. The molecule has 5 aliphatic rings. The van der Waals surface area contributed by atoms with Crippen molar-refractivity contribution in [3.05, 3.63) is 0 Å². The third-order valence-corrected chi connectivity index (χ3v) is 11.5. The highest BCUT2D eigenvalue weighted by molar-refractivity contribution is 5.01. The van der Waals surface area contributed by atoms with Crippen molar-refractivity contribution in [3.8, 4) is 0 Å². The van der Waals surface area contributed by atoms with Crippen molar-refractivity contribution in [2.75, 3.05) is 49.2 Å². The Hall–Kier alpha value is -0.280. The van der Waals surface area contributed by atoms with Crippen molar-refractivity contribution in [2.24, 2.45) is 29.6 Å². The van der Waals surface area contributed by atoms with Crippen LogP contribution < -0.4 is 4.90 Å². The van der Waals surface area contributed by atoms with Gasteiger partial charge >= 0.3 is 0 Å². The molecule has 0 bridgehead atoms. The number of hydrogen-bond donors (Lipinski definition) is 1. The summed E-state index contributed by atoms with van der Waals surface area (Å²) in [7, 11) is 11.2. The first-order valence-electron chi connectivity index (χ1n) is 14.6. The predicted molar refractivity (Wildman–Crippen MR) is 137 cm³/mol. The van der Waals surface area contributed by atoms with Crippen molar-refractivity contribution >= 4 is 0 Å². The molecule has 7 heteroatoms. The summed E-state index contributed by atoms with van der Waals surface area (Å²) in [5, 5.41) is 0. The van der Waals surface area contributed by atoms with Crippen LogP contribution in [0.15, 0.2) is 0 Å². The Bertz CT molecular complexity index is 709. The lowest BCUT2D eigenvalue weighted by atomic mass is 9.58. The molecular weight excluding hydrogens is 458 g/mol. The molecule has 0 radical (unpaired) electrons. The molecule has 2 saturated heterocycles. The molecule has 1 N–H and O–H groups in total. The second-order valence-electron chi connectivity index (χ2n) is 12.5. The molecule has 13 unspecified atom stereocenters. The highest BCUT2D eigenvalue weighted by atomic mass is 16.5. The third kappa shape index (κ3) is 4.91. The summed E-state index contributed by atoms with van der Waals surface area (Å²) in [6.07, 6.45) is 12.0. The standard InChI is InChI=1S/C29H51NO6/c1-31-23-8-7-18(13-24(23)32-2)29-21-16-28(36-6)26(34-4)14-19(21)11-22-20-15-27(35-5)25(33-3)12-17(20)9-10-30(22)29/h17-29H,7-16H2,1-6H3/p+1/t17?,18?,19?,20?,21?,22?,23?,24?,25?,26?,27?,28?,29-/m1/s1. The summed E-state index contributed by atoms with van der Waals surface area (Å²) in [5.41, 5.74) is 0. The van der Waals surface area contributed by atoms with Crippen LogP contribution in [-0.4, -0.2) is 97.9 Å². The minimum Gasteiger partial charge on any atom is -0.379 e. The molecule has 2 heterocycles. The number of fused-ring (bicyclic) bond motifs is 4. The number of nitrogens with one attached hydrogen (secondary N) is 1. The molecule has 3 aliphatic carbocycles. The summed E-state index contributed by atoms with van der Waals surface area (Å²) >= 11 is 0.